The molecule has 7 heteroatoms. The van der Waals surface area contributed by atoms with Crippen molar-refractivity contribution in [2.45, 2.75) is 38.6 Å². The zero-order valence-corrected chi connectivity index (χ0v) is 23.0. The highest BCUT2D eigenvalue weighted by molar-refractivity contribution is 7.27. The van der Waals surface area contributed by atoms with Crippen molar-refractivity contribution in [3.05, 3.63) is 70.6 Å². The number of nitriles is 1. The lowest BCUT2D eigenvalue weighted by atomic mass is 9.80. The van der Waals surface area contributed by atoms with Gasteiger partial charge in [0.2, 0.25) is 0 Å². The van der Waals surface area contributed by atoms with Crippen LogP contribution < -0.4 is 4.90 Å². The van der Waals surface area contributed by atoms with Crippen LogP contribution in [0.5, 0.6) is 0 Å². The fourth-order valence-corrected chi connectivity index (χ4v) is 7.95. The number of hydrogen-bond donors (Lipinski definition) is 1. The second-order valence-electron chi connectivity index (χ2n) is 9.75. The number of hydrogen-bond acceptors (Lipinski definition) is 6. The normalized spacial score (nSPS) is 17.0. The van der Waals surface area contributed by atoms with Crippen molar-refractivity contribution < 1.29 is 9.90 Å². The lowest BCUT2D eigenvalue weighted by molar-refractivity contribution is -0.132. The molecule has 0 fully saturated rings. The van der Waals surface area contributed by atoms with Gasteiger partial charge >= 0.3 is 5.97 Å². The minimum Gasteiger partial charge on any atom is -0.477 e. The molecule has 1 aliphatic rings. The fourth-order valence-electron chi connectivity index (χ4n) is 4.81. The Bertz CT molecular complexity index is 1530. The van der Waals surface area contributed by atoms with Crippen molar-refractivity contribution in [1.82, 2.24) is 0 Å². The van der Waals surface area contributed by atoms with Crippen molar-refractivity contribution in [2.75, 3.05) is 11.9 Å². The molecule has 0 bridgehead atoms. The van der Waals surface area contributed by atoms with Gasteiger partial charge in [0.05, 0.1) is 0 Å². The molecule has 0 saturated carbocycles. The van der Waals surface area contributed by atoms with Crippen molar-refractivity contribution in [3.63, 3.8) is 0 Å². The van der Waals surface area contributed by atoms with E-state index in [4.69, 9.17) is 10.4 Å². The number of fused-ring (bicyclic) bond motifs is 1. The van der Waals surface area contributed by atoms with Gasteiger partial charge in [-0.1, -0.05) is 13.0 Å². The molecule has 4 nitrogen and oxygen atoms in total. The molecule has 1 N–H and O–H groups in total. The second-order valence-corrected chi connectivity index (χ2v) is 13.0. The largest absolute Gasteiger partial charge is 0.477 e. The Hall–Kier alpha value is -3.18. The van der Waals surface area contributed by atoms with E-state index < -0.39 is 5.97 Å². The van der Waals surface area contributed by atoms with Crippen molar-refractivity contribution >= 4 is 51.7 Å². The zero-order chi connectivity index (χ0) is 25.6. The van der Waals surface area contributed by atoms with Crippen LogP contribution in [0, 0.1) is 11.3 Å². The van der Waals surface area contributed by atoms with E-state index in [9.17, 15) is 4.79 Å². The first-order valence-electron chi connectivity index (χ1n) is 11.7. The van der Waals surface area contributed by atoms with E-state index in [2.05, 4.69) is 75.2 Å². The maximum atomic E-state index is 11.1. The molecule has 1 unspecified atom stereocenters. The number of aliphatic carboxylic acids is 1. The van der Waals surface area contributed by atoms with E-state index in [1.165, 1.54) is 48.9 Å². The average Bonchev–Trinajstić information content (AvgIpc) is 3.60. The summed E-state index contributed by atoms with van der Waals surface area (Å²) in [6.45, 7) is 6.96. The number of thiophene rings is 3. The monoisotopic (exact) mass is 530 g/mol. The summed E-state index contributed by atoms with van der Waals surface area (Å²) in [7, 11) is 2.20. The van der Waals surface area contributed by atoms with Gasteiger partial charge in [-0.2, -0.15) is 5.26 Å². The van der Waals surface area contributed by atoms with Gasteiger partial charge in [0.25, 0.3) is 0 Å². The summed E-state index contributed by atoms with van der Waals surface area (Å²) in [6.07, 6.45) is 2.57. The van der Waals surface area contributed by atoms with E-state index in [0.29, 0.717) is 5.92 Å². The van der Waals surface area contributed by atoms with E-state index in [-0.39, 0.29) is 11.1 Å². The van der Waals surface area contributed by atoms with Crippen LogP contribution in [-0.2, 0) is 4.79 Å². The van der Waals surface area contributed by atoms with Crippen LogP contribution in [0.3, 0.4) is 0 Å². The molecule has 1 aromatic carbocycles. The van der Waals surface area contributed by atoms with Gasteiger partial charge in [-0.3, -0.25) is 0 Å². The van der Waals surface area contributed by atoms with Crippen LogP contribution in [0.1, 0.15) is 43.6 Å². The minimum atomic E-state index is -1.20. The summed E-state index contributed by atoms with van der Waals surface area (Å²) in [5.41, 5.74) is 3.93. The van der Waals surface area contributed by atoms with Gasteiger partial charge < -0.3 is 10.0 Å². The minimum absolute atomic E-state index is 0.162. The molecule has 182 valence electrons. The van der Waals surface area contributed by atoms with Gasteiger partial charge in [0, 0.05) is 47.5 Å². The molecule has 0 spiro atoms. The van der Waals surface area contributed by atoms with Crippen LogP contribution in [0.4, 0.5) is 5.69 Å². The van der Waals surface area contributed by atoms with Gasteiger partial charge in [0.15, 0.2) is 0 Å². The zero-order valence-electron chi connectivity index (χ0n) is 20.5. The molecule has 0 saturated heterocycles. The second kappa shape index (κ2) is 9.36. The Balaban J connectivity index is 1.39. The van der Waals surface area contributed by atoms with Crippen LogP contribution in [0.2, 0.25) is 0 Å². The van der Waals surface area contributed by atoms with E-state index in [1.54, 1.807) is 17.4 Å². The summed E-state index contributed by atoms with van der Waals surface area (Å²) in [6, 6.07) is 21.1. The molecule has 4 heterocycles. The Morgan fingerprint density at radius 2 is 1.58 bits per heavy atom. The van der Waals surface area contributed by atoms with Gasteiger partial charge in [-0.05, 0) is 91.9 Å². The lowest BCUT2D eigenvalue weighted by Gasteiger charge is -2.45. The number of carboxylic acid groups (broad SMARTS) is 1. The highest BCUT2D eigenvalue weighted by atomic mass is 32.1. The summed E-state index contributed by atoms with van der Waals surface area (Å²) in [5, 5.41) is 18.1. The number of nitrogens with zero attached hydrogens (tertiary/aromatic N) is 2. The van der Waals surface area contributed by atoms with E-state index >= 15 is 0 Å². The molecule has 0 aliphatic carbocycles. The molecule has 5 rings (SSSR count). The molecule has 4 aromatic rings. The summed E-state index contributed by atoms with van der Waals surface area (Å²) >= 11 is 5.03. The number of carbonyl (C=O) groups is 1. The summed E-state index contributed by atoms with van der Waals surface area (Å²) in [5.74, 6) is -0.681. The Morgan fingerprint density at radius 1 is 1.00 bits per heavy atom. The Labute approximate surface area is 223 Å². The number of benzene rings is 1. The predicted octanol–water partition coefficient (Wildman–Crippen LogP) is 8.59. The van der Waals surface area contributed by atoms with Gasteiger partial charge in [-0.25, -0.2) is 4.79 Å². The first-order chi connectivity index (χ1) is 17.2. The first kappa shape index (κ1) is 24.5. The third-order valence-electron chi connectivity index (χ3n) is 6.88. The smallest absolute Gasteiger partial charge is 0.346 e. The molecular formula is C29H26N2O2S3. The van der Waals surface area contributed by atoms with Gasteiger partial charge in [0.1, 0.15) is 11.6 Å². The molecular weight excluding hydrogens is 505 g/mol. The third kappa shape index (κ3) is 4.53. The lowest BCUT2D eigenvalue weighted by Crippen LogP contribution is -2.45. The predicted molar refractivity (Wildman–Crippen MR) is 153 cm³/mol. The van der Waals surface area contributed by atoms with Gasteiger partial charge in [-0.15, -0.1) is 34.0 Å². The standard InChI is InChI=1S/C29H26N2O2S3/c1-17-15-29(2,3)31(4)22-7-5-18(14-21(17)22)23-9-10-26(35-23)27-12-11-25(36-27)24-8-6-20(34-24)13-19(16-30)28(32)33/h5-14,17H,15H2,1-4H3,(H,32,33)/b19-13-. The summed E-state index contributed by atoms with van der Waals surface area (Å²) in [4.78, 5) is 20.2. The maximum absolute atomic E-state index is 11.1. The Kier molecular flexibility index (Phi) is 6.37. The van der Waals surface area contributed by atoms with Crippen molar-refractivity contribution in [2.24, 2.45) is 0 Å². The molecule has 0 amide bonds. The third-order valence-corrected chi connectivity index (χ3v) is 10.5. The molecule has 0 radical (unpaired) electrons. The number of carboxylic acids is 1. The Morgan fingerprint density at radius 3 is 2.22 bits per heavy atom. The van der Waals surface area contributed by atoms with Crippen LogP contribution >= 0.6 is 34.0 Å². The van der Waals surface area contributed by atoms with Crippen LogP contribution in [0.25, 0.3) is 36.0 Å². The van der Waals surface area contributed by atoms with Crippen LogP contribution in [-0.4, -0.2) is 23.7 Å². The maximum Gasteiger partial charge on any atom is 0.346 e. The SMILES string of the molecule is CC1CC(C)(C)N(C)c2ccc(-c3ccc(-c4ccc(-c5ccc(/C=C(/C#N)C(=O)O)s5)s4)s3)cc21. The number of rotatable bonds is 5. The molecule has 1 aliphatic heterocycles. The number of anilines is 1. The van der Waals surface area contributed by atoms with E-state index in [1.807, 2.05) is 23.5 Å². The topological polar surface area (TPSA) is 64.3 Å². The molecule has 1 atom stereocenters. The van der Waals surface area contributed by atoms with Crippen LogP contribution in [0.15, 0.2) is 60.2 Å². The first-order valence-corrected chi connectivity index (χ1v) is 14.1. The molecule has 36 heavy (non-hydrogen) atoms. The average molecular weight is 531 g/mol. The fraction of sp³-hybridized carbons (Fsp3) is 0.241. The molecule has 3 aromatic heterocycles. The summed E-state index contributed by atoms with van der Waals surface area (Å²) < 4.78 is 0. The van der Waals surface area contributed by atoms with E-state index in [0.717, 1.165) is 21.1 Å². The highest BCUT2D eigenvalue weighted by Gasteiger charge is 2.34. The highest BCUT2D eigenvalue weighted by Crippen LogP contribution is 2.46. The van der Waals surface area contributed by atoms with Crippen molar-refractivity contribution in [3.8, 4) is 36.0 Å². The quantitative estimate of drug-likeness (QED) is 0.207. The van der Waals surface area contributed by atoms with Crippen molar-refractivity contribution in [1.29, 1.82) is 5.26 Å².